The van der Waals surface area contributed by atoms with E-state index in [2.05, 4.69) is 0 Å². The number of hydrogen-bond acceptors (Lipinski definition) is 3. The summed E-state index contributed by atoms with van der Waals surface area (Å²) in [6, 6.07) is 0. The second-order valence-corrected chi connectivity index (χ2v) is 3.43. The van der Waals surface area contributed by atoms with Crippen molar-refractivity contribution < 1.29 is 14.6 Å². The fraction of sp³-hybridized carbons (Fsp3) is 0.625. The first-order chi connectivity index (χ1) is 5.59. The minimum atomic E-state index is -0.629. The molecule has 3 unspecified atom stereocenters. The first-order valence-electron chi connectivity index (χ1n) is 3.80. The van der Waals surface area contributed by atoms with Crippen LogP contribution in [-0.2, 0) is 9.53 Å². The highest BCUT2D eigenvalue weighted by molar-refractivity contribution is 6.29. The van der Waals surface area contributed by atoms with Crippen LogP contribution in [0.15, 0.2) is 12.2 Å². The largest absolute Gasteiger partial charge is 0.457 e. The molecule has 0 aromatic rings. The maximum Gasteiger partial charge on any atom is 0.324 e. The molecule has 0 saturated carbocycles. The van der Waals surface area contributed by atoms with Gasteiger partial charge in [0.15, 0.2) is 0 Å². The monoisotopic (exact) mass is 190 g/mol. The molecule has 1 aliphatic carbocycles. The lowest BCUT2D eigenvalue weighted by Crippen LogP contribution is -2.21. The van der Waals surface area contributed by atoms with E-state index in [1.165, 1.54) is 0 Å². The van der Waals surface area contributed by atoms with Crippen LogP contribution < -0.4 is 0 Å². The Labute approximate surface area is 76.0 Å². The van der Waals surface area contributed by atoms with Crippen molar-refractivity contribution in [3.8, 4) is 0 Å². The fourth-order valence-corrected chi connectivity index (χ4v) is 1.03. The van der Waals surface area contributed by atoms with Gasteiger partial charge in [0, 0.05) is 6.42 Å². The zero-order valence-electron chi connectivity index (χ0n) is 6.74. The van der Waals surface area contributed by atoms with E-state index in [0.29, 0.717) is 6.42 Å². The van der Waals surface area contributed by atoms with Crippen LogP contribution in [0.2, 0.25) is 0 Å². The number of esters is 1. The normalized spacial score (nSPS) is 30.2. The van der Waals surface area contributed by atoms with Crippen LogP contribution in [0.3, 0.4) is 0 Å². The summed E-state index contributed by atoms with van der Waals surface area (Å²) < 4.78 is 4.93. The molecule has 0 saturated heterocycles. The third-order valence-corrected chi connectivity index (χ3v) is 1.79. The number of hydrogen-bond donors (Lipinski definition) is 1. The van der Waals surface area contributed by atoms with Crippen LogP contribution in [0.5, 0.6) is 0 Å². The first kappa shape index (κ1) is 9.55. The van der Waals surface area contributed by atoms with Gasteiger partial charge >= 0.3 is 5.97 Å². The highest BCUT2D eigenvalue weighted by atomic mass is 35.5. The Morgan fingerprint density at radius 2 is 2.42 bits per heavy atom. The standard InChI is InChI=1S/C8H11ClO3/c1-5(9)8(11)12-7-3-2-6(10)4-7/h2-3,5-7,10H,4H2,1H3. The SMILES string of the molecule is CC(Cl)C(=O)OC1C=CC(O)C1. The van der Waals surface area contributed by atoms with E-state index in [-0.39, 0.29) is 6.10 Å². The average Bonchev–Trinajstić information content (AvgIpc) is 2.35. The van der Waals surface area contributed by atoms with Crippen molar-refractivity contribution in [2.45, 2.75) is 30.9 Å². The molecule has 4 heteroatoms. The zero-order valence-corrected chi connectivity index (χ0v) is 7.49. The lowest BCUT2D eigenvalue weighted by Gasteiger charge is -2.11. The molecular formula is C8H11ClO3. The zero-order chi connectivity index (χ0) is 9.14. The number of halogens is 1. The summed E-state index contributed by atoms with van der Waals surface area (Å²) in [5, 5.41) is 8.41. The van der Waals surface area contributed by atoms with Gasteiger partial charge in [0.2, 0.25) is 0 Å². The molecule has 0 aliphatic heterocycles. The van der Waals surface area contributed by atoms with Crippen molar-refractivity contribution in [3.63, 3.8) is 0 Å². The third kappa shape index (κ3) is 2.50. The molecule has 0 radical (unpaired) electrons. The summed E-state index contributed by atoms with van der Waals surface area (Å²) >= 11 is 5.48. The van der Waals surface area contributed by atoms with Crippen LogP contribution >= 0.6 is 11.6 Å². The Balaban J connectivity index is 2.34. The summed E-state index contributed by atoms with van der Waals surface area (Å²) in [6.07, 6.45) is 2.91. The van der Waals surface area contributed by atoms with Crippen molar-refractivity contribution >= 4 is 17.6 Å². The van der Waals surface area contributed by atoms with Crippen LogP contribution in [0.1, 0.15) is 13.3 Å². The van der Waals surface area contributed by atoms with Gasteiger partial charge in [-0.1, -0.05) is 6.08 Å². The maximum atomic E-state index is 10.9. The van der Waals surface area contributed by atoms with E-state index >= 15 is 0 Å². The minimum Gasteiger partial charge on any atom is -0.457 e. The minimum absolute atomic E-state index is 0.311. The van der Waals surface area contributed by atoms with Gasteiger partial charge in [-0.25, -0.2) is 0 Å². The molecule has 0 fully saturated rings. The number of carbonyl (C=O) groups excluding carboxylic acids is 1. The van der Waals surface area contributed by atoms with E-state index in [1.807, 2.05) is 0 Å². The highest BCUT2D eigenvalue weighted by Crippen LogP contribution is 2.15. The number of aliphatic hydroxyl groups excluding tert-OH is 1. The second kappa shape index (κ2) is 3.92. The smallest absolute Gasteiger partial charge is 0.324 e. The van der Waals surface area contributed by atoms with Gasteiger partial charge in [-0.05, 0) is 13.0 Å². The lowest BCUT2D eigenvalue weighted by atomic mass is 10.3. The van der Waals surface area contributed by atoms with Gasteiger partial charge in [0.25, 0.3) is 0 Å². The summed E-state index contributed by atoms with van der Waals surface area (Å²) in [6.45, 7) is 1.55. The molecule has 0 bridgehead atoms. The van der Waals surface area contributed by atoms with Gasteiger partial charge in [-0.15, -0.1) is 11.6 Å². The molecule has 0 heterocycles. The van der Waals surface area contributed by atoms with Crippen LogP contribution in [0, 0.1) is 0 Å². The Morgan fingerprint density at radius 3 is 2.83 bits per heavy atom. The van der Waals surface area contributed by atoms with Crippen LogP contribution in [0.25, 0.3) is 0 Å². The van der Waals surface area contributed by atoms with Crippen molar-refractivity contribution in [1.29, 1.82) is 0 Å². The lowest BCUT2D eigenvalue weighted by molar-refractivity contribution is -0.146. The Kier molecular flexibility index (Phi) is 3.12. The third-order valence-electron chi connectivity index (χ3n) is 1.61. The molecule has 3 nitrogen and oxygen atoms in total. The number of aliphatic hydroxyl groups is 1. The number of alkyl halides is 1. The Hall–Kier alpha value is -0.540. The molecule has 12 heavy (non-hydrogen) atoms. The second-order valence-electron chi connectivity index (χ2n) is 2.78. The molecule has 0 spiro atoms. The van der Waals surface area contributed by atoms with Crippen molar-refractivity contribution in [2.24, 2.45) is 0 Å². The van der Waals surface area contributed by atoms with Crippen LogP contribution in [-0.4, -0.2) is 28.7 Å². The molecule has 0 aromatic heterocycles. The van der Waals surface area contributed by atoms with E-state index in [0.717, 1.165) is 0 Å². The molecule has 0 aromatic carbocycles. The van der Waals surface area contributed by atoms with E-state index in [1.54, 1.807) is 19.1 Å². The van der Waals surface area contributed by atoms with Crippen molar-refractivity contribution in [2.75, 3.05) is 0 Å². The molecule has 68 valence electrons. The predicted octanol–water partition coefficient (Wildman–Crippen LogP) is 0.846. The fourth-order valence-electron chi connectivity index (χ4n) is 0.978. The number of carbonyl (C=O) groups is 1. The quantitative estimate of drug-likeness (QED) is 0.399. The molecule has 1 aliphatic rings. The highest BCUT2D eigenvalue weighted by Gasteiger charge is 2.22. The van der Waals surface area contributed by atoms with Gasteiger partial charge in [-0.2, -0.15) is 0 Å². The Bertz CT molecular complexity index is 200. The first-order valence-corrected chi connectivity index (χ1v) is 4.24. The number of ether oxygens (including phenoxy) is 1. The van der Waals surface area contributed by atoms with Crippen LogP contribution in [0.4, 0.5) is 0 Å². The molecule has 1 N–H and O–H groups in total. The topological polar surface area (TPSA) is 46.5 Å². The van der Waals surface area contributed by atoms with Gasteiger partial charge < -0.3 is 9.84 Å². The van der Waals surface area contributed by atoms with Crippen molar-refractivity contribution in [1.82, 2.24) is 0 Å². The van der Waals surface area contributed by atoms with Gasteiger partial charge in [0.05, 0.1) is 6.10 Å². The van der Waals surface area contributed by atoms with E-state index in [4.69, 9.17) is 21.4 Å². The Morgan fingerprint density at radius 1 is 1.75 bits per heavy atom. The average molecular weight is 191 g/mol. The van der Waals surface area contributed by atoms with Crippen molar-refractivity contribution in [3.05, 3.63) is 12.2 Å². The molecule has 3 atom stereocenters. The maximum absolute atomic E-state index is 10.9. The van der Waals surface area contributed by atoms with E-state index in [9.17, 15) is 4.79 Å². The van der Waals surface area contributed by atoms with Gasteiger partial charge in [0.1, 0.15) is 11.5 Å². The molecular weight excluding hydrogens is 180 g/mol. The van der Waals surface area contributed by atoms with Gasteiger partial charge in [-0.3, -0.25) is 4.79 Å². The van der Waals surface area contributed by atoms with E-state index < -0.39 is 17.5 Å². The number of rotatable bonds is 2. The summed E-state index contributed by atoms with van der Waals surface area (Å²) in [7, 11) is 0. The summed E-state index contributed by atoms with van der Waals surface area (Å²) in [4.78, 5) is 10.9. The molecule has 0 amide bonds. The summed E-state index contributed by atoms with van der Waals surface area (Å²) in [5.41, 5.74) is 0. The predicted molar refractivity (Wildman–Crippen MR) is 45.0 cm³/mol. The summed E-state index contributed by atoms with van der Waals surface area (Å²) in [5.74, 6) is -0.444. The molecule has 1 rings (SSSR count).